The number of aromatic hydroxyl groups is 1. The van der Waals surface area contributed by atoms with E-state index in [1.165, 1.54) is 0 Å². The van der Waals surface area contributed by atoms with Crippen LogP contribution in [0.5, 0.6) is 11.5 Å². The van der Waals surface area contributed by atoms with Crippen molar-refractivity contribution in [3.05, 3.63) is 53.6 Å². The molecule has 0 aliphatic heterocycles. The number of phenols is 1. The Morgan fingerprint density at radius 3 is 2.60 bits per heavy atom. The number of ether oxygens (including phenoxy) is 1. The second kappa shape index (κ2) is 6.33. The first kappa shape index (κ1) is 14.3. The standard InChI is InChI=1S/C17H21NO2/c1-4-15(14-7-5-6-8-17(14)20-3)18-13-9-10-16(19)12(2)11-13/h5-11,15,18-19H,4H2,1-3H3. The molecule has 0 heterocycles. The number of anilines is 1. The van der Waals surface area contributed by atoms with Gasteiger partial charge >= 0.3 is 0 Å². The number of aryl methyl sites for hydroxylation is 1. The summed E-state index contributed by atoms with van der Waals surface area (Å²) in [4.78, 5) is 0. The number of methoxy groups -OCH3 is 1. The Hall–Kier alpha value is -2.16. The SMILES string of the molecule is CCC(Nc1ccc(O)c(C)c1)c1ccccc1OC. The van der Waals surface area contributed by atoms with E-state index < -0.39 is 0 Å². The third-order valence-corrected chi connectivity index (χ3v) is 3.46. The van der Waals surface area contributed by atoms with Crippen LogP contribution in [0, 0.1) is 6.92 Å². The van der Waals surface area contributed by atoms with Crippen LogP contribution in [0.25, 0.3) is 0 Å². The van der Waals surface area contributed by atoms with Gasteiger partial charge in [0.25, 0.3) is 0 Å². The van der Waals surface area contributed by atoms with Crippen molar-refractivity contribution in [3.63, 3.8) is 0 Å². The van der Waals surface area contributed by atoms with E-state index in [0.29, 0.717) is 5.75 Å². The number of hydrogen-bond donors (Lipinski definition) is 2. The Morgan fingerprint density at radius 2 is 1.95 bits per heavy atom. The summed E-state index contributed by atoms with van der Waals surface area (Å²) >= 11 is 0. The molecule has 0 saturated carbocycles. The molecular weight excluding hydrogens is 250 g/mol. The molecule has 106 valence electrons. The van der Waals surface area contributed by atoms with Crippen molar-refractivity contribution in [2.45, 2.75) is 26.3 Å². The first-order valence-corrected chi connectivity index (χ1v) is 6.84. The van der Waals surface area contributed by atoms with Crippen LogP contribution >= 0.6 is 0 Å². The normalized spacial score (nSPS) is 11.9. The van der Waals surface area contributed by atoms with Crippen LogP contribution in [0.1, 0.15) is 30.5 Å². The number of nitrogens with one attached hydrogen (secondary N) is 1. The average Bonchev–Trinajstić information content (AvgIpc) is 2.48. The molecule has 0 fully saturated rings. The molecule has 0 saturated heterocycles. The second-order valence-electron chi connectivity index (χ2n) is 4.85. The van der Waals surface area contributed by atoms with Crippen molar-refractivity contribution >= 4 is 5.69 Å². The van der Waals surface area contributed by atoms with Gasteiger partial charge in [-0.15, -0.1) is 0 Å². The average molecular weight is 271 g/mol. The Labute approximate surface area is 120 Å². The summed E-state index contributed by atoms with van der Waals surface area (Å²) in [5.41, 5.74) is 3.01. The summed E-state index contributed by atoms with van der Waals surface area (Å²) in [7, 11) is 1.69. The summed E-state index contributed by atoms with van der Waals surface area (Å²) in [6, 6.07) is 13.8. The lowest BCUT2D eigenvalue weighted by Crippen LogP contribution is -2.11. The molecule has 0 aromatic heterocycles. The van der Waals surface area contributed by atoms with Gasteiger partial charge in [0.2, 0.25) is 0 Å². The predicted octanol–water partition coefficient (Wildman–Crippen LogP) is 4.27. The molecule has 3 heteroatoms. The maximum absolute atomic E-state index is 9.59. The van der Waals surface area contributed by atoms with E-state index in [2.05, 4.69) is 18.3 Å². The van der Waals surface area contributed by atoms with E-state index in [-0.39, 0.29) is 6.04 Å². The quantitative estimate of drug-likeness (QED) is 0.798. The molecule has 0 spiro atoms. The third-order valence-electron chi connectivity index (χ3n) is 3.46. The number of para-hydroxylation sites is 1. The van der Waals surface area contributed by atoms with E-state index in [1.54, 1.807) is 13.2 Å². The van der Waals surface area contributed by atoms with Gasteiger partial charge in [-0.05, 0) is 43.2 Å². The molecule has 1 unspecified atom stereocenters. The molecule has 0 aliphatic rings. The van der Waals surface area contributed by atoms with Gasteiger partial charge in [-0.25, -0.2) is 0 Å². The largest absolute Gasteiger partial charge is 0.508 e. The first-order valence-electron chi connectivity index (χ1n) is 6.84. The maximum atomic E-state index is 9.59. The molecule has 2 rings (SSSR count). The fraction of sp³-hybridized carbons (Fsp3) is 0.294. The highest BCUT2D eigenvalue weighted by molar-refractivity contribution is 5.52. The Morgan fingerprint density at radius 1 is 1.20 bits per heavy atom. The highest BCUT2D eigenvalue weighted by Gasteiger charge is 2.14. The monoisotopic (exact) mass is 271 g/mol. The Kier molecular flexibility index (Phi) is 4.51. The predicted molar refractivity (Wildman–Crippen MR) is 82.5 cm³/mol. The van der Waals surface area contributed by atoms with Crippen LogP contribution in [-0.2, 0) is 0 Å². The lowest BCUT2D eigenvalue weighted by Gasteiger charge is -2.21. The van der Waals surface area contributed by atoms with Gasteiger partial charge in [-0.2, -0.15) is 0 Å². The first-order chi connectivity index (χ1) is 9.65. The van der Waals surface area contributed by atoms with Gasteiger partial charge in [-0.3, -0.25) is 0 Å². The van der Waals surface area contributed by atoms with Crippen LogP contribution in [0.4, 0.5) is 5.69 Å². The van der Waals surface area contributed by atoms with Crippen molar-refractivity contribution < 1.29 is 9.84 Å². The zero-order chi connectivity index (χ0) is 14.5. The minimum atomic E-state index is 0.176. The molecule has 0 aliphatic carbocycles. The third kappa shape index (κ3) is 3.05. The number of benzene rings is 2. The van der Waals surface area contributed by atoms with E-state index in [9.17, 15) is 5.11 Å². The molecule has 3 nitrogen and oxygen atoms in total. The Bertz CT molecular complexity index is 581. The van der Waals surface area contributed by atoms with Crippen LogP contribution in [0.3, 0.4) is 0 Å². The topological polar surface area (TPSA) is 41.5 Å². The lowest BCUT2D eigenvalue weighted by molar-refractivity contribution is 0.406. The summed E-state index contributed by atoms with van der Waals surface area (Å²) in [6.45, 7) is 4.03. The minimum Gasteiger partial charge on any atom is -0.508 e. The van der Waals surface area contributed by atoms with Gasteiger partial charge < -0.3 is 15.2 Å². The second-order valence-corrected chi connectivity index (χ2v) is 4.85. The summed E-state index contributed by atoms with van der Waals surface area (Å²) in [6.07, 6.45) is 0.945. The number of hydrogen-bond acceptors (Lipinski definition) is 3. The highest BCUT2D eigenvalue weighted by Crippen LogP contribution is 2.31. The molecule has 2 aromatic rings. The smallest absolute Gasteiger partial charge is 0.124 e. The van der Waals surface area contributed by atoms with Gasteiger partial charge in [0.15, 0.2) is 0 Å². The van der Waals surface area contributed by atoms with Crippen LogP contribution in [0.2, 0.25) is 0 Å². The zero-order valence-electron chi connectivity index (χ0n) is 12.2. The van der Waals surface area contributed by atoms with Crippen molar-refractivity contribution in [2.75, 3.05) is 12.4 Å². The highest BCUT2D eigenvalue weighted by atomic mass is 16.5. The lowest BCUT2D eigenvalue weighted by atomic mass is 10.0. The van der Waals surface area contributed by atoms with Crippen LogP contribution in [0.15, 0.2) is 42.5 Å². The zero-order valence-corrected chi connectivity index (χ0v) is 12.2. The van der Waals surface area contributed by atoms with Crippen molar-refractivity contribution in [2.24, 2.45) is 0 Å². The van der Waals surface area contributed by atoms with E-state index in [4.69, 9.17) is 4.74 Å². The molecular formula is C17H21NO2. The van der Waals surface area contributed by atoms with Gasteiger partial charge in [0.05, 0.1) is 13.2 Å². The molecule has 0 radical (unpaired) electrons. The molecule has 0 amide bonds. The van der Waals surface area contributed by atoms with Crippen LogP contribution in [-0.4, -0.2) is 12.2 Å². The number of rotatable bonds is 5. The van der Waals surface area contributed by atoms with E-state index in [1.807, 2.05) is 37.3 Å². The molecule has 2 N–H and O–H groups in total. The van der Waals surface area contributed by atoms with Gasteiger partial charge in [0, 0.05) is 11.3 Å². The van der Waals surface area contributed by atoms with Gasteiger partial charge in [-0.1, -0.05) is 25.1 Å². The fourth-order valence-corrected chi connectivity index (χ4v) is 2.30. The summed E-state index contributed by atoms with van der Waals surface area (Å²) in [5.74, 6) is 1.21. The van der Waals surface area contributed by atoms with Gasteiger partial charge in [0.1, 0.15) is 11.5 Å². The Balaban J connectivity index is 2.26. The maximum Gasteiger partial charge on any atom is 0.124 e. The van der Waals surface area contributed by atoms with Crippen molar-refractivity contribution in [1.82, 2.24) is 0 Å². The molecule has 0 bridgehead atoms. The molecule has 2 aromatic carbocycles. The number of phenolic OH excluding ortho intramolecular Hbond substituents is 1. The fourth-order valence-electron chi connectivity index (χ4n) is 2.30. The molecule has 1 atom stereocenters. The molecule has 20 heavy (non-hydrogen) atoms. The van der Waals surface area contributed by atoms with Crippen molar-refractivity contribution in [1.29, 1.82) is 0 Å². The summed E-state index contributed by atoms with van der Waals surface area (Å²) < 4.78 is 5.43. The summed E-state index contributed by atoms with van der Waals surface area (Å²) in [5, 5.41) is 13.1. The van der Waals surface area contributed by atoms with Crippen LogP contribution < -0.4 is 10.1 Å². The minimum absolute atomic E-state index is 0.176. The van der Waals surface area contributed by atoms with E-state index >= 15 is 0 Å². The van der Waals surface area contributed by atoms with Crippen molar-refractivity contribution in [3.8, 4) is 11.5 Å². The van der Waals surface area contributed by atoms with E-state index in [0.717, 1.165) is 29.0 Å².